The van der Waals surface area contributed by atoms with Crippen LogP contribution in [0.1, 0.15) is 11.1 Å². The smallest absolute Gasteiger partial charge is 0.273 e. The van der Waals surface area contributed by atoms with E-state index in [1.807, 2.05) is 0 Å². The van der Waals surface area contributed by atoms with Gasteiger partial charge in [0.1, 0.15) is 5.75 Å². The van der Waals surface area contributed by atoms with Crippen molar-refractivity contribution in [1.82, 2.24) is 5.43 Å². The molecule has 0 aliphatic carbocycles. The number of para-hydroxylation sites is 1. The van der Waals surface area contributed by atoms with Gasteiger partial charge in [-0.25, -0.2) is 5.43 Å². The zero-order valence-electron chi connectivity index (χ0n) is 13.6. The first-order valence-corrected chi connectivity index (χ1v) is 7.29. The third kappa shape index (κ3) is 4.60. The van der Waals surface area contributed by atoms with Gasteiger partial charge >= 0.3 is 0 Å². The highest BCUT2D eigenvalue weighted by molar-refractivity contribution is 5.86. The SMILES string of the molecule is COc1ccc([N+](=O)[O-])cc1/C=N/NC(=O)Cc1ccccc1[N+](=O)[O-]. The molecule has 134 valence electrons. The molecule has 2 rings (SSSR count). The fraction of sp³-hybridized carbons (Fsp3) is 0.125. The molecule has 0 radical (unpaired) electrons. The van der Waals surface area contributed by atoms with Crippen molar-refractivity contribution in [1.29, 1.82) is 0 Å². The minimum atomic E-state index is -0.570. The minimum absolute atomic E-state index is 0.154. The number of carbonyl (C=O) groups is 1. The van der Waals surface area contributed by atoms with Crippen molar-refractivity contribution in [2.24, 2.45) is 5.10 Å². The second-order valence-corrected chi connectivity index (χ2v) is 5.04. The number of nitrogens with one attached hydrogen (secondary N) is 1. The molecule has 10 nitrogen and oxygen atoms in total. The summed E-state index contributed by atoms with van der Waals surface area (Å²) in [7, 11) is 1.39. The first-order chi connectivity index (χ1) is 12.4. The Morgan fingerprint density at radius 3 is 2.58 bits per heavy atom. The van der Waals surface area contributed by atoms with E-state index >= 15 is 0 Å². The predicted octanol–water partition coefficient (Wildman–Crippen LogP) is 2.20. The fourth-order valence-corrected chi connectivity index (χ4v) is 2.16. The van der Waals surface area contributed by atoms with E-state index in [2.05, 4.69) is 10.5 Å². The summed E-state index contributed by atoms with van der Waals surface area (Å²) in [6.45, 7) is 0. The molecule has 0 unspecified atom stereocenters. The topological polar surface area (TPSA) is 137 Å². The van der Waals surface area contributed by atoms with Gasteiger partial charge in [0.2, 0.25) is 5.91 Å². The van der Waals surface area contributed by atoms with E-state index in [0.717, 1.165) is 0 Å². The van der Waals surface area contributed by atoms with Gasteiger partial charge in [0.25, 0.3) is 11.4 Å². The molecule has 0 aliphatic heterocycles. The largest absolute Gasteiger partial charge is 0.496 e. The lowest BCUT2D eigenvalue weighted by molar-refractivity contribution is -0.385. The maximum atomic E-state index is 11.9. The molecule has 0 fully saturated rings. The summed E-state index contributed by atoms with van der Waals surface area (Å²) >= 11 is 0. The van der Waals surface area contributed by atoms with Gasteiger partial charge in [0.05, 0.1) is 29.6 Å². The zero-order chi connectivity index (χ0) is 19.1. The van der Waals surface area contributed by atoms with E-state index in [9.17, 15) is 25.0 Å². The Hall–Kier alpha value is -3.82. The van der Waals surface area contributed by atoms with E-state index < -0.39 is 15.8 Å². The highest BCUT2D eigenvalue weighted by atomic mass is 16.6. The molecule has 0 aliphatic rings. The Morgan fingerprint density at radius 2 is 1.92 bits per heavy atom. The number of non-ortho nitro benzene ring substituents is 1. The fourth-order valence-electron chi connectivity index (χ4n) is 2.16. The number of carbonyl (C=O) groups excluding carboxylic acids is 1. The van der Waals surface area contributed by atoms with Crippen LogP contribution in [0.25, 0.3) is 0 Å². The lowest BCUT2D eigenvalue weighted by Crippen LogP contribution is -2.20. The number of nitro benzene ring substituents is 2. The number of hydrogen-bond donors (Lipinski definition) is 1. The van der Waals surface area contributed by atoms with Crippen LogP contribution in [0.15, 0.2) is 47.6 Å². The zero-order valence-corrected chi connectivity index (χ0v) is 13.6. The normalized spacial score (nSPS) is 10.5. The van der Waals surface area contributed by atoms with Crippen molar-refractivity contribution in [3.05, 3.63) is 73.8 Å². The number of ether oxygens (including phenoxy) is 1. The number of nitrogens with zero attached hydrogens (tertiary/aromatic N) is 3. The molecule has 0 saturated carbocycles. The number of amides is 1. The van der Waals surface area contributed by atoms with Gasteiger partial charge in [-0.2, -0.15) is 5.10 Å². The number of methoxy groups -OCH3 is 1. The lowest BCUT2D eigenvalue weighted by atomic mass is 10.1. The molecule has 2 aromatic carbocycles. The number of benzene rings is 2. The van der Waals surface area contributed by atoms with Gasteiger partial charge in [0, 0.05) is 29.3 Å². The van der Waals surface area contributed by atoms with Crippen LogP contribution in [0.2, 0.25) is 0 Å². The third-order valence-corrected chi connectivity index (χ3v) is 3.36. The van der Waals surface area contributed by atoms with E-state index in [1.54, 1.807) is 6.07 Å². The summed E-state index contributed by atoms with van der Waals surface area (Å²) in [4.78, 5) is 32.5. The molecular weight excluding hydrogens is 344 g/mol. The highest BCUT2D eigenvalue weighted by Gasteiger charge is 2.15. The van der Waals surface area contributed by atoms with Crippen LogP contribution in [0.5, 0.6) is 5.75 Å². The van der Waals surface area contributed by atoms with Crippen LogP contribution in [-0.4, -0.2) is 29.1 Å². The number of hydrogen-bond acceptors (Lipinski definition) is 7. The summed E-state index contributed by atoms with van der Waals surface area (Å²) in [5, 5.41) is 25.5. The molecule has 10 heteroatoms. The molecule has 0 atom stereocenters. The van der Waals surface area contributed by atoms with E-state index in [-0.39, 0.29) is 23.4 Å². The Morgan fingerprint density at radius 1 is 1.19 bits per heavy atom. The van der Waals surface area contributed by atoms with E-state index in [4.69, 9.17) is 4.74 Å². The molecular formula is C16H14N4O6. The maximum absolute atomic E-state index is 11.9. The number of rotatable bonds is 7. The summed E-state index contributed by atoms with van der Waals surface area (Å²) in [5.74, 6) is -0.229. The highest BCUT2D eigenvalue weighted by Crippen LogP contribution is 2.22. The third-order valence-electron chi connectivity index (χ3n) is 3.36. The van der Waals surface area contributed by atoms with Crippen LogP contribution >= 0.6 is 0 Å². The first kappa shape index (κ1) is 18.5. The van der Waals surface area contributed by atoms with Gasteiger partial charge in [-0.3, -0.25) is 25.0 Å². The van der Waals surface area contributed by atoms with Gasteiger partial charge < -0.3 is 4.74 Å². The monoisotopic (exact) mass is 358 g/mol. The average molecular weight is 358 g/mol. The Kier molecular flexibility index (Phi) is 5.93. The predicted molar refractivity (Wildman–Crippen MR) is 92.2 cm³/mol. The van der Waals surface area contributed by atoms with Crippen LogP contribution in [-0.2, 0) is 11.2 Å². The van der Waals surface area contributed by atoms with Crippen molar-refractivity contribution in [3.8, 4) is 5.75 Å². The summed E-state index contributed by atoms with van der Waals surface area (Å²) in [6.07, 6.45) is 0.962. The van der Waals surface area contributed by atoms with Gasteiger partial charge in [-0.15, -0.1) is 0 Å². The molecule has 0 heterocycles. The van der Waals surface area contributed by atoms with E-state index in [1.165, 1.54) is 49.7 Å². The molecule has 0 bridgehead atoms. The van der Waals surface area contributed by atoms with Crippen LogP contribution in [0.4, 0.5) is 11.4 Å². The first-order valence-electron chi connectivity index (χ1n) is 7.29. The molecule has 1 amide bonds. The summed E-state index contributed by atoms with van der Waals surface area (Å²) < 4.78 is 5.07. The van der Waals surface area contributed by atoms with Crippen molar-refractivity contribution in [2.45, 2.75) is 6.42 Å². The van der Waals surface area contributed by atoms with E-state index in [0.29, 0.717) is 11.3 Å². The van der Waals surface area contributed by atoms with Gasteiger partial charge in [-0.05, 0) is 6.07 Å². The molecule has 0 saturated heterocycles. The second-order valence-electron chi connectivity index (χ2n) is 5.04. The molecule has 0 aromatic heterocycles. The maximum Gasteiger partial charge on any atom is 0.273 e. The molecule has 1 N–H and O–H groups in total. The Balaban J connectivity index is 2.09. The van der Waals surface area contributed by atoms with Crippen molar-refractivity contribution in [3.63, 3.8) is 0 Å². The van der Waals surface area contributed by atoms with Gasteiger partial charge in [0.15, 0.2) is 0 Å². The molecule has 26 heavy (non-hydrogen) atoms. The summed E-state index contributed by atoms with van der Waals surface area (Å²) in [6, 6.07) is 9.82. The van der Waals surface area contributed by atoms with Crippen LogP contribution < -0.4 is 10.2 Å². The Labute approximate surface area is 147 Å². The van der Waals surface area contributed by atoms with Crippen molar-refractivity contribution < 1.29 is 19.4 Å². The van der Waals surface area contributed by atoms with Crippen LogP contribution in [0.3, 0.4) is 0 Å². The Bertz CT molecular complexity index is 881. The summed E-state index contributed by atoms with van der Waals surface area (Å²) in [5.41, 5.74) is 2.46. The lowest BCUT2D eigenvalue weighted by Gasteiger charge is -2.04. The second kappa shape index (κ2) is 8.33. The minimum Gasteiger partial charge on any atom is -0.496 e. The van der Waals surface area contributed by atoms with Crippen molar-refractivity contribution in [2.75, 3.05) is 7.11 Å². The van der Waals surface area contributed by atoms with Crippen molar-refractivity contribution >= 4 is 23.5 Å². The molecule has 2 aromatic rings. The number of hydrazone groups is 1. The molecule has 0 spiro atoms. The van der Waals surface area contributed by atoms with Crippen LogP contribution in [0, 0.1) is 20.2 Å². The number of nitro groups is 2. The quantitative estimate of drug-likeness (QED) is 0.457. The van der Waals surface area contributed by atoms with Gasteiger partial charge in [-0.1, -0.05) is 18.2 Å². The average Bonchev–Trinajstić information content (AvgIpc) is 2.61. The standard InChI is InChI=1S/C16H14N4O6/c1-26-15-7-6-13(19(22)23)8-12(15)10-17-18-16(21)9-11-4-2-3-5-14(11)20(24)25/h2-8,10H,9H2,1H3,(H,18,21)/b17-10+.